The molecular formula is C13H14Cl2N2O. The first-order valence-corrected chi connectivity index (χ1v) is 6.85. The molecule has 0 saturated carbocycles. The molecule has 2 fully saturated rings. The van der Waals surface area contributed by atoms with Crippen molar-refractivity contribution in [2.45, 2.75) is 0 Å². The van der Waals surface area contributed by atoms with E-state index in [1.807, 2.05) is 4.90 Å². The van der Waals surface area contributed by atoms with Crippen molar-refractivity contribution in [3.05, 3.63) is 33.8 Å². The minimum absolute atomic E-state index is 0.0359. The minimum Gasteiger partial charge on any atom is -0.338 e. The van der Waals surface area contributed by atoms with Gasteiger partial charge in [-0.2, -0.15) is 0 Å². The zero-order chi connectivity index (χ0) is 12.7. The van der Waals surface area contributed by atoms with Crippen molar-refractivity contribution >= 4 is 29.1 Å². The molecule has 1 N–H and O–H groups in total. The summed E-state index contributed by atoms with van der Waals surface area (Å²) in [6.45, 7) is 3.71. The summed E-state index contributed by atoms with van der Waals surface area (Å²) in [5, 5.41) is 4.37. The Bertz CT molecular complexity index is 460. The van der Waals surface area contributed by atoms with Gasteiger partial charge in [0.2, 0.25) is 0 Å². The monoisotopic (exact) mass is 284 g/mol. The van der Waals surface area contributed by atoms with Crippen molar-refractivity contribution in [3.63, 3.8) is 0 Å². The second-order valence-electron chi connectivity index (χ2n) is 5.05. The SMILES string of the molecule is O=C(c1cc(Cl)cc(Cl)c1)N1C[C@H]2CNC[C@H]2C1. The Balaban J connectivity index is 1.78. The van der Waals surface area contributed by atoms with Crippen molar-refractivity contribution in [1.82, 2.24) is 10.2 Å². The van der Waals surface area contributed by atoms with Gasteiger partial charge in [0.15, 0.2) is 0 Å². The van der Waals surface area contributed by atoms with Crippen LogP contribution < -0.4 is 5.32 Å². The predicted molar refractivity (Wildman–Crippen MR) is 72.2 cm³/mol. The van der Waals surface area contributed by atoms with E-state index in [4.69, 9.17) is 23.2 Å². The third kappa shape index (κ3) is 2.22. The lowest BCUT2D eigenvalue weighted by molar-refractivity contribution is 0.0781. The first-order chi connectivity index (χ1) is 8.63. The van der Waals surface area contributed by atoms with Gasteiger partial charge in [0.1, 0.15) is 0 Å². The number of carbonyl (C=O) groups is 1. The van der Waals surface area contributed by atoms with E-state index in [0.29, 0.717) is 27.4 Å². The van der Waals surface area contributed by atoms with Crippen LogP contribution in [0.2, 0.25) is 10.0 Å². The van der Waals surface area contributed by atoms with Crippen LogP contribution in [0.3, 0.4) is 0 Å². The van der Waals surface area contributed by atoms with Crippen LogP contribution in [0, 0.1) is 11.8 Å². The van der Waals surface area contributed by atoms with Gasteiger partial charge in [-0.05, 0) is 30.0 Å². The molecule has 2 aliphatic heterocycles. The molecule has 0 radical (unpaired) electrons. The number of carbonyl (C=O) groups excluding carboxylic acids is 1. The molecule has 0 bridgehead atoms. The number of amides is 1. The van der Waals surface area contributed by atoms with Gasteiger partial charge in [-0.1, -0.05) is 23.2 Å². The molecule has 2 atom stereocenters. The normalized spacial score (nSPS) is 26.4. The Morgan fingerprint density at radius 1 is 1.11 bits per heavy atom. The zero-order valence-corrected chi connectivity index (χ0v) is 11.3. The number of nitrogens with zero attached hydrogens (tertiary/aromatic N) is 1. The molecule has 2 saturated heterocycles. The molecule has 2 heterocycles. The molecule has 3 rings (SSSR count). The third-order valence-electron chi connectivity index (χ3n) is 3.79. The van der Waals surface area contributed by atoms with E-state index < -0.39 is 0 Å². The van der Waals surface area contributed by atoms with E-state index >= 15 is 0 Å². The Morgan fingerprint density at radius 3 is 2.22 bits per heavy atom. The van der Waals surface area contributed by atoms with Gasteiger partial charge in [-0.25, -0.2) is 0 Å². The Morgan fingerprint density at radius 2 is 1.67 bits per heavy atom. The van der Waals surface area contributed by atoms with E-state index in [0.717, 1.165) is 26.2 Å². The molecule has 2 aliphatic rings. The number of halogens is 2. The highest BCUT2D eigenvalue weighted by atomic mass is 35.5. The lowest BCUT2D eigenvalue weighted by Gasteiger charge is -2.17. The highest BCUT2D eigenvalue weighted by Gasteiger charge is 2.38. The van der Waals surface area contributed by atoms with Gasteiger partial charge in [0.25, 0.3) is 5.91 Å². The summed E-state index contributed by atoms with van der Waals surface area (Å²) in [6, 6.07) is 5.01. The topological polar surface area (TPSA) is 32.3 Å². The number of nitrogens with one attached hydrogen (secondary N) is 1. The first-order valence-electron chi connectivity index (χ1n) is 6.09. The quantitative estimate of drug-likeness (QED) is 0.858. The summed E-state index contributed by atoms with van der Waals surface area (Å²) in [5.74, 6) is 1.24. The van der Waals surface area contributed by atoms with Crippen molar-refractivity contribution in [2.24, 2.45) is 11.8 Å². The summed E-state index contributed by atoms with van der Waals surface area (Å²) in [6.07, 6.45) is 0. The van der Waals surface area contributed by atoms with E-state index in [1.165, 1.54) is 0 Å². The number of hydrogen-bond acceptors (Lipinski definition) is 2. The molecule has 1 aromatic rings. The van der Waals surface area contributed by atoms with E-state index in [9.17, 15) is 4.79 Å². The van der Waals surface area contributed by atoms with Gasteiger partial charge in [0.05, 0.1) is 0 Å². The van der Waals surface area contributed by atoms with Crippen molar-refractivity contribution in [3.8, 4) is 0 Å². The van der Waals surface area contributed by atoms with Crippen LogP contribution in [-0.2, 0) is 0 Å². The molecule has 5 heteroatoms. The molecule has 0 aliphatic carbocycles. The van der Waals surface area contributed by atoms with Crippen LogP contribution in [0.15, 0.2) is 18.2 Å². The lowest BCUT2D eigenvalue weighted by Crippen LogP contribution is -2.31. The third-order valence-corrected chi connectivity index (χ3v) is 4.22. The van der Waals surface area contributed by atoms with Crippen molar-refractivity contribution in [1.29, 1.82) is 0 Å². The van der Waals surface area contributed by atoms with Crippen LogP contribution in [0.25, 0.3) is 0 Å². The van der Waals surface area contributed by atoms with Crippen LogP contribution in [0.5, 0.6) is 0 Å². The molecule has 0 unspecified atom stereocenters. The molecule has 1 aromatic carbocycles. The van der Waals surface area contributed by atoms with Gasteiger partial charge < -0.3 is 10.2 Å². The summed E-state index contributed by atoms with van der Waals surface area (Å²) in [5.41, 5.74) is 0.584. The number of rotatable bonds is 1. The van der Waals surface area contributed by atoms with Crippen LogP contribution in [-0.4, -0.2) is 37.0 Å². The maximum absolute atomic E-state index is 12.4. The zero-order valence-electron chi connectivity index (χ0n) is 9.83. The fourth-order valence-electron chi connectivity index (χ4n) is 2.88. The van der Waals surface area contributed by atoms with Gasteiger partial charge in [-0.3, -0.25) is 4.79 Å². The average molecular weight is 285 g/mol. The van der Waals surface area contributed by atoms with Crippen LogP contribution >= 0.6 is 23.2 Å². The Labute approximate surface area is 116 Å². The summed E-state index contributed by atoms with van der Waals surface area (Å²) >= 11 is 11.9. The minimum atomic E-state index is 0.0359. The molecule has 18 heavy (non-hydrogen) atoms. The number of benzene rings is 1. The Kier molecular flexibility index (Phi) is 3.22. The molecule has 1 amide bonds. The second kappa shape index (κ2) is 4.72. The molecule has 96 valence electrons. The van der Waals surface area contributed by atoms with Crippen molar-refractivity contribution in [2.75, 3.05) is 26.2 Å². The van der Waals surface area contributed by atoms with E-state index in [-0.39, 0.29) is 5.91 Å². The van der Waals surface area contributed by atoms with Gasteiger partial charge >= 0.3 is 0 Å². The molecule has 0 spiro atoms. The summed E-state index contributed by atoms with van der Waals surface area (Å²) in [7, 11) is 0. The largest absolute Gasteiger partial charge is 0.338 e. The fourth-order valence-corrected chi connectivity index (χ4v) is 3.41. The molecular weight excluding hydrogens is 271 g/mol. The summed E-state index contributed by atoms with van der Waals surface area (Å²) in [4.78, 5) is 14.3. The van der Waals surface area contributed by atoms with E-state index in [2.05, 4.69) is 5.32 Å². The first kappa shape index (κ1) is 12.3. The average Bonchev–Trinajstić information content (AvgIpc) is 2.86. The van der Waals surface area contributed by atoms with Crippen molar-refractivity contribution < 1.29 is 4.79 Å². The second-order valence-corrected chi connectivity index (χ2v) is 5.92. The smallest absolute Gasteiger partial charge is 0.253 e. The highest BCUT2D eigenvalue weighted by molar-refractivity contribution is 6.35. The van der Waals surface area contributed by atoms with Crippen LogP contribution in [0.1, 0.15) is 10.4 Å². The maximum atomic E-state index is 12.4. The van der Waals surface area contributed by atoms with Crippen LogP contribution in [0.4, 0.5) is 0 Å². The lowest BCUT2D eigenvalue weighted by atomic mass is 10.0. The summed E-state index contributed by atoms with van der Waals surface area (Å²) < 4.78 is 0. The Hall–Kier alpha value is -0.770. The standard InChI is InChI=1S/C13H14Cl2N2O/c14-11-1-8(2-12(15)3-11)13(18)17-6-9-4-16-5-10(9)7-17/h1-3,9-10,16H,4-7H2/t9-,10+. The highest BCUT2D eigenvalue weighted by Crippen LogP contribution is 2.28. The molecule has 3 nitrogen and oxygen atoms in total. The van der Waals surface area contributed by atoms with Gasteiger partial charge in [-0.15, -0.1) is 0 Å². The van der Waals surface area contributed by atoms with Gasteiger partial charge in [0, 0.05) is 41.8 Å². The molecule has 0 aromatic heterocycles. The number of fused-ring (bicyclic) bond motifs is 1. The predicted octanol–water partition coefficient (Wildman–Crippen LogP) is 2.28. The maximum Gasteiger partial charge on any atom is 0.253 e. The van der Waals surface area contributed by atoms with E-state index in [1.54, 1.807) is 18.2 Å². The number of likely N-dealkylation sites (tertiary alicyclic amines) is 1. The fraction of sp³-hybridized carbons (Fsp3) is 0.462. The number of hydrogen-bond donors (Lipinski definition) is 1.